The molecule has 86 valence electrons. The molecule has 15 heavy (non-hydrogen) atoms. The maximum atomic E-state index is 11.6. The summed E-state index contributed by atoms with van der Waals surface area (Å²) >= 11 is 0. The molecule has 1 amide bonds. The minimum atomic E-state index is 0.259. The molecule has 0 bridgehead atoms. The third-order valence-corrected chi connectivity index (χ3v) is 4.58. The van der Waals surface area contributed by atoms with Crippen LogP contribution in [0.4, 0.5) is 0 Å². The van der Waals surface area contributed by atoms with Crippen LogP contribution in [0.1, 0.15) is 53.4 Å². The van der Waals surface area contributed by atoms with Crippen molar-refractivity contribution in [1.82, 2.24) is 5.32 Å². The van der Waals surface area contributed by atoms with Crippen LogP contribution in [0.25, 0.3) is 0 Å². The molecule has 3 unspecified atom stereocenters. The van der Waals surface area contributed by atoms with Gasteiger partial charge in [0.2, 0.25) is 5.91 Å². The van der Waals surface area contributed by atoms with Gasteiger partial charge in [-0.15, -0.1) is 0 Å². The SMILES string of the molecule is CCC1NC(=O)CC12CC(C)(C)CC2C. The molecule has 2 aliphatic rings. The molecule has 1 spiro atoms. The largest absolute Gasteiger partial charge is 0.353 e. The predicted molar refractivity (Wildman–Crippen MR) is 61.5 cm³/mol. The number of carbonyl (C=O) groups is 1. The first-order valence-electron chi connectivity index (χ1n) is 6.19. The zero-order valence-corrected chi connectivity index (χ0v) is 10.4. The summed E-state index contributed by atoms with van der Waals surface area (Å²) < 4.78 is 0. The Bertz CT molecular complexity index is 284. The molecule has 1 aliphatic heterocycles. The molecule has 1 N–H and O–H groups in total. The molecule has 1 aliphatic carbocycles. The van der Waals surface area contributed by atoms with Gasteiger partial charge >= 0.3 is 0 Å². The van der Waals surface area contributed by atoms with E-state index in [4.69, 9.17) is 0 Å². The van der Waals surface area contributed by atoms with E-state index in [2.05, 4.69) is 33.0 Å². The maximum absolute atomic E-state index is 11.6. The van der Waals surface area contributed by atoms with Gasteiger partial charge in [-0.05, 0) is 30.6 Å². The number of amides is 1. The smallest absolute Gasteiger partial charge is 0.220 e. The monoisotopic (exact) mass is 209 g/mol. The van der Waals surface area contributed by atoms with Crippen molar-refractivity contribution >= 4 is 5.91 Å². The van der Waals surface area contributed by atoms with Gasteiger partial charge in [0, 0.05) is 17.9 Å². The van der Waals surface area contributed by atoms with E-state index in [1.807, 2.05) is 0 Å². The van der Waals surface area contributed by atoms with E-state index in [1.54, 1.807) is 0 Å². The van der Waals surface area contributed by atoms with Crippen LogP contribution in [-0.4, -0.2) is 11.9 Å². The van der Waals surface area contributed by atoms with E-state index >= 15 is 0 Å². The van der Waals surface area contributed by atoms with Crippen molar-refractivity contribution in [3.8, 4) is 0 Å². The molecular formula is C13H23NO. The van der Waals surface area contributed by atoms with Gasteiger partial charge in [0.25, 0.3) is 0 Å². The Labute approximate surface area is 92.8 Å². The molecule has 1 heterocycles. The first kappa shape index (κ1) is 11.0. The average molecular weight is 209 g/mol. The van der Waals surface area contributed by atoms with Crippen molar-refractivity contribution in [3.63, 3.8) is 0 Å². The van der Waals surface area contributed by atoms with Crippen LogP contribution >= 0.6 is 0 Å². The van der Waals surface area contributed by atoms with Crippen molar-refractivity contribution in [2.75, 3.05) is 0 Å². The minimum Gasteiger partial charge on any atom is -0.353 e. The second-order valence-corrected chi connectivity index (χ2v) is 6.38. The first-order valence-corrected chi connectivity index (χ1v) is 6.19. The number of nitrogens with one attached hydrogen (secondary N) is 1. The van der Waals surface area contributed by atoms with E-state index < -0.39 is 0 Å². The second-order valence-electron chi connectivity index (χ2n) is 6.38. The lowest BCUT2D eigenvalue weighted by Crippen LogP contribution is -2.38. The normalized spacial score (nSPS) is 43.6. The van der Waals surface area contributed by atoms with E-state index in [0.29, 0.717) is 17.4 Å². The highest BCUT2D eigenvalue weighted by atomic mass is 16.2. The predicted octanol–water partition coefficient (Wildman–Crippen LogP) is 2.73. The Morgan fingerprint density at radius 1 is 1.47 bits per heavy atom. The van der Waals surface area contributed by atoms with Gasteiger partial charge in [0.05, 0.1) is 0 Å². The highest BCUT2D eigenvalue weighted by molar-refractivity contribution is 5.80. The van der Waals surface area contributed by atoms with Crippen LogP contribution in [0.5, 0.6) is 0 Å². The molecule has 2 rings (SSSR count). The Balaban J connectivity index is 2.29. The van der Waals surface area contributed by atoms with Crippen LogP contribution in [-0.2, 0) is 4.79 Å². The fourth-order valence-electron chi connectivity index (χ4n) is 4.19. The summed E-state index contributed by atoms with van der Waals surface area (Å²) in [4.78, 5) is 11.6. The molecule has 0 radical (unpaired) electrons. The van der Waals surface area contributed by atoms with Gasteiger partial charge < -0.3 is 5.32 Å². The van der Waals surface area contributed by atoms with Gasteiger partial charge in [-0.3, -0.25) is 4.79 Å². The number of hydrogen-bond acceptors (Lipinski definition) is 1. The lowest BCUT2D eigenvalue weighted by molar-refractivity contribution is -0.119. The standard InChI is InChI=1S/C13H23NO/c1-5-10-13(7-11(15)14-10)8-12(3,4)6-9(13)2/h9-10H,5-8H2,1-4H3,(H,14,15). The molecule has 3 atom stereocenters. The Morgan fingerprint density at radius 2 is 2.13 bits per heavy atom. The zero-order chi connectivity index (χ0) is 11.3. The molecule has 2 nitrogen and oxygen atoms in total. The summed E-state index contributed by atoms with van der Waals surface area (Å²) in [6.07, 6.45) is 4.30. The van der Waals surface area contributed by atoms with E-state index in [9.17, 15) is 4.79 Å². The highest BCUT2D eigenvalue weighted by Gasteiger charge is 2.56. The fourth-order valence-corrected chi connectivity index (χ4v) is 4.19. The van der Waals surface area contributed by atoms with Gasteiger partial charge in [0.1, 0.15) is 0 Å². The van der Waals surface area contributed by atoms with Crippen molar-refractivity contribution < 1.29 is 4.79 Å². The van der Waals surface area contributed by atoms with Crippen molar-refractivity contribution in [1.29, 1.82) is 0 Å². The second kappa shape index (κ2) is 3.23. The van der Waals surface area contributed by atoms with Crippen molar-refractivity contribution in [3.05, 3.63) is 0 Å². The van der Waals surface area contributed by atoms with Crippen LogP contribution in [0.2, 0.25) is 0 Å². The van der Waals surface area contributed by atoms with Crippen LogP contribution in [0.15, 0.2) is 0 Å². The van der Waals surface area contributed by atoms with Gasteiger partial charge in [-0.2, -0.15) is 0 Å². The third kappa shape index (κ3) is 1.58. The summed E-state index contributed by atoms with van der Waals surface area (Å²) in [6, 6.07) is 0.418. The van der Waals surface area contributed by atoms with Crippen LogP contribution < -0.4 is 5.32 Å². The average Bonchev–Trinajstić information content (AvgIpc) is 2.51. The fraction of sp³-hybridized carbons (Fsp3) is 0.923. The maximum Gasteiger partial charge on any atom is 0.220 e. The van der Waals surface area contributed by atoms with Gasteiger partial charge in [0.15, 0.2) is 0 Å². The van der Waals surface area contributed by atoms with Crippen molar-refractivity contribution in [2.45, 2.75) is 59.4 Å². The zero-order valence-electron chi connectivity index (χ0n) is 10.4. The molecule has 0 aromatic carbocycles. The molecule has 1 saturated carbocycles. The van der Waals surface area contributed by atoms with E-state index in [-0.39, 0.29) is 11.3 Å². The third-order valence-electron chi connectivity index (χ3n) is 4.58. The number of hydrogen-bond donors (Lipinski definition) is 1. The topological polar surface area (TPSA) is 29.1 Å². The van der Waals surface area contributed by atoms with Crippen molar-refractivity contribution in [2.24, 2.45) is 16.7 Å². The summed E-state index contributed by atoms with van der Waals surface area (Å²) in [6.45, 7) is 9.20. The number of carbonyl (C=O) groups excluding carboxylic acids is 1. The summed E-state index contributed by atoms with van der Waals surface area (Å²) in [5.41, 5.74) is 0.675. The molecule has 1 saturated heterocycles. The van der Waals surface area contributed by atoms with Crippen LogP contribution in [0, 0.1) is 16.7 Å². The lowest BCUT2D eigenvalue weighted by atomic mass is 9.71. The van der Waals surface area contributed by atoms with Crippen LogP contribution in [0.3, 0.4) is 0 Å². The molecule has 2 heteroatoms. The Hall–Kier alpha value is -0.530. The quantitative estimate of drug-likeness (QED) is 0.707. The Morgan fingerprint density at radius 3 is 2.60 bits per heavy atom. The summed E-state index contributed by atoms with van der Waals surface area (Å²) in [5.74, 6) is 0.947. The number of rotatable bonds is 1. The van der Waals surface area contributed by atoms with E-state index in [0.717, 1.165) is 12.8 Å². The highest BCUT2D eigenvalue weighted by Crippen LogP contribution is 2.58. The minimum absolute atomic E-state index is 0.259. The molecule has 0 aromatic heterocycles. The first-order chi connectivity index (χ1) is 6.89. The van der Waals surface area contributed by atoms with Gasteiger partial charge in [-0.25, -0.2) is 0 Å². The summed E-state index contributed by atoms with van der Waals surface area (Å²) in [7, 11) is 0. The molecule has 0 aromatic rings. The van der Waals surface area contributed by atoms with E-state index in [1.165, 1.54) is 12.8 Å². The molecular weight excluding hydrogens is 186 g/mol. The molecule has 2 fully saturated rings. The van der Waals surface area contributed by atoms with Gasteiger partial charge in [-0.1, -0.05) is 27.7 Å². The summed E-state index contributed by atoms with van der Waals surface area (Å²) in [5, 5.41) is 3.17. The Kier molecular flexibility index (Phi) is 2.36. The lowest BCUT2D eigenvalue weighted by Gasteiger charge is -2.34.